The normalized spacial score (nSPS) is 22.6. The Hall–Kier alpha value is -1.68. The molecule has 0 bridgehead atoms. The van der Waals surface area contributed by atoms with E-state index in [1.807, 2.05) is 48.5 Å². The molecule has 0 aromatic heterocycles. The third-order valence-electron chi connectivity index (χ3n) is 3.27. The molecule has 2 aromatic rings. The van der Waals surface area contributed by atoms with Crippen LogP contribution in [-0.4, -0.2) is 19.3 Å². The lowest BCUT2D eigenvalue weighted by Gasteiger charge is -2.29. The van der Waals surface area contributed by atoms with Crippen LogP contribution in [0.3, 0.4) is 0 Å². The van der Waals surface area contributed by atoms with Crippen LogP contribution in [0, 0.1) is 0 Å². The van der Waals surface area contributed by atoms with Crippen LogP contribution in [0.4, 0.5) is 0 Å². The monoisotopic (exact) mass is 270 g/mol. The number of rotatable bonds is 4. The summed E-state index contributed by atoms with van der Waals surface area (Å²) in [5.74, 6) is 0. The first-order chi connectivity index (χ1) is 9.92. The molecule has 0 radical (unpaired) electrons. The molecule has 2 aromatic carbocycles. The van der Waals surface area contributed by atoms with Gasteiger partial charge < -0.3 is 14.2 Å². The molecule has 20 heavy (non-hydrogen) atoms. The van der Waals surface area contributed by atoms with Gasteiger partial charge in [-0.1, -0.05) is 60.7 Å². The van der Waals surface area contributed by atoms with Gasteiger partial charge in [0, 0.05) is 5.56 Å². The van der Waals surface area contributed by atoms with Crippen LogP contribution in [0.5, 0.6) is 0 Å². The fourth-order valence-corrected chi connectivity index (χ4v) is 2.17. The average Bonchev–Trinajstić information content (AvgIpc) is 2.55. The Kier molecular flexibility index (Phi) is 4.43. The van der Waals surface area contributed by atoms with E-state index in [4.69, 9.17) is 14.2 Å². The van der Waals surface area contributed by atoms with Gasteiger partial charge in [0.1, 0.15) is 6.10 Å². The fraction of sp³-hybridized carbons (Fsp3) is 0.294. The predicted octanol–water partition coefficient (Wildman–Crippen LogP) is 3.32. The first kappa shape index (κ1) is 13.3. The number of benzene rings is 2. The molecule has 1 aliphatic heterocycles. The van der Waals surface area contributed by atoms with Gasteiger partial charge in [-0.15, -0.1) is 0 Å². The van der Waals surface area contributed by atoms with E-state index in [1.165, 1.54) is 0 Å². The van der Waals surface area contributed by atoms with E-state index in [1.54, 1.807) is 0 Å². The van der Waals surface area contributed by atoms with Gasteiger partial charge in [-0.05, 0) is 5.56 Å². The third-order valence-corrected chi connectivity index (χ3v) is 3.27. The van der Waals surface area contributed by atoms with Crippen molar-refractivity contribution >= 4 is 0 Å². The number of hydrogen-bond acceptors (Lipinski definition) is 3. The van der Waals surface area contributed by atoms with Crippen molar-refractivity contribution < 1.29 is 14.2 Å². The molecule has 104 valence electrons. The molecular formula is C17H18O3. The summed E-state index contributed by atoms with van der Waals surface area (Å²) in [4.78, 5) is 0. The fourth-order valence-electron chi connectivity index (χ4n) is 2.17. The van der Waals surface area contributed by atoms with E-state index in [2.05, 4.69) is 12.1 Å². The molecule has 1 heterocycles. The Bertz CT molecular complexity index is 504. The van der Waals surface area contributed by atoms with Crippen LogP contribution in [0.2, 0.25) is 0 Å². The van der Waals surface area contributed by atoms with Crippen molar-refractivity contribution in [2.45, 2.75) is 19.0 Å². The number of hydrogen-bond donors (Lipinski definition) is 0. The summed E-state index contributed by atoms with van der Waals surface area (Å²) in [5.41, 5.74) is 2.21. The molecule has 0 spiro atoms. The van der Waals surface area contributed by atoms with Gasteiger partial charge in [-0.25, -0.2) is 0 Å². The average molecular weight is 270 g/mol. The molecule has 0 N–H and O–H groups in total. The molecule has 0 unspecified atom stereocenters. The summed E-state index contributed by atoms with van der Waals surface area (Å²) in [6.45, 7) is 1.72. The van der Waals surface area contributed by atoms with Gasteiger partial charge in [0.15, 0.2) is 6.29 Å². The first-order valence-electron chi connectivity index (χ1n) is 6.85. The highest BCUT2D eigenvalue weighted by atomic mass is 16.7. The summed E-state index contributed by atoms with van der Waals surface area (Å²) in [5, 5.41) is 0. The highest BCUT2D eigenvalue weighted by Crippen LogP contribution is 2.23. The first-order valence-corrected chi connectivity index (χ1v) is 6.85. The van der Waals surface area contributed by atoms with Gasteiger partial charge in [-0.2, -0.15) is 0 Å². The minimum absolute atomic E-state index is 0.00447. The Morgan fingerprint density at radius 2 is 1.45 bits per heavy atom. The van der Waals surface area contributed by atoms with Crippen molar-refractivity contribution in [1.29, 1.82) is 0 Å². The van der Waals surface area contributed by atoms with Crippen LogP contribution in [0.1, 0.15) is 17.4 Å². The maximum absolute atomic E-state index is 5.80. The van der Waals surface area contributed by atoms with Crippen LogP contribution in [0.25, 0.3) is 0 Å². The van der Waals surface area contributed by atoms with Crippen molar-refractivity contribution in [1.82, 2.24) is 0 Å². The van der Waals surface area contributed by atoms with Gasteiger partial charge >= 0.3 is 0 Å². The topological polar surface area (TPSA) is 27.7 Å². The highest BCUT2D eigenvalue weighted by molar-refractivity contribution is 5.16. The zero-order valence-corrected chi connectivity index (χ0v) is 11.3. The second-order valence-electron chi connectivity index (χ2n) is 4.83. The molecule has 0 aliphatic carbocycles. The zero-order valence-electron chi connectivity index (χ0n) is 11.3. The Labute approximate surface area is 119 Å². The van der Waals surface area contributed by atoms with E-state index in [-0.39, 0.29) is 12.4 Å². The minimum Gasteiger partial charge on any atom is -0.369 e. The van der Waals surface area contributed by atoms with Gasteiger partial charge in [-0.3, -0.25) is 0 Å². The maximum atomic E-state index is 5.80. The second-order valence-corrected chi connectivity index (χ2v) is 4.83. The molecule has 1 fully saturated rings. The van der Waals surface area contributed by atoms with Crippen LogP contribution >= 0.6 is 0 Å². The molecule has 3 nitrogen and oxygen atoms in total. The highest BCUT2D eigenvalue weighted by Gasteiger charge is 2.23. The van der Waals surface area contributed by atoms with Crippen molar-refractivity contribution in [3.8, 4) is 0 Å². The molecule has 0 atom stereocenters. The summed E-state index contributed by atoms with van der Waals surface area (Å²) < 4.78 is 17.2. The van der Waals surface area contributed by atoms with Crippen molar-refractivity contribution in [2.24, 2.45) is 0 Å². The summed E-state index contributed by atoms with van der Waals surface area (Å²) in [6.07, 6.45) is -0.275. The lowest BCUT2D eigenvalue weighted by molar-refractivity contribution is -0.232. The van der Waals surface area contributed by atoms with Crippen LogP contribution in [0.15, 0.2) is 60.7 Å². The predicted molar refractivity (Wildman–Crippen MR) is 76.1 cm³/mol. The lowest BCUT2D eigenvalue weighted by atomic mass is 10.2. The summed E-state index contributed by atoms with van der Waals surface area (Å²) in [6, 6.07) is 20.1. The quantitative estimate of drug-likeness (QED) is 0.853. The lowest BCUT2D eigenvalue weighted by Crippen LogP contribution is -2.33. The van der Waals surface area contributed by atoms with E-state index in [0.717, 1.165) is 11.1 Å². The van der Waals surface area contributed by atoms with Gasteiger partial charge in [0.2, 0.25) is 0 Å². The Balaban J connectivity index is 1.47. The maximum Gasteiger partial charge on any atom is 0.184 e. The molecule has 0 saturated carbocycles. The molecule has 0 amide bonds. The largest absolute Gasteiger partial charge is 0.369 e. The molecule has 3 rings (SSSR count). The zero-order chi connectivity index (χ0) is 13.6. The Morgan fingerprint density at radius 1 is 0.850 bits per heavy atom. The van der Waals surface area contributed by atoms with Gasteiger partial charge in [0.25, 0.3) is 0 Å². The summed E-state index contributed by atoms with van der Waals surface area (Å²) >= 11 is 0. The van der Waals surface area contributed by atoms with Crippen molar-refractivity contribution in [2.75, 3.05) is 13.2 Å². The van der Waals surface area contributed by atoms with E-state index >= 15 is 0 Å². The van der Waals surface area contributed by atoms with Gasteiger partial charge in [0.05, 0.1) is 19.8 Å². The Morgan fingerprint density at radius 3 is 2.10 bits per heavy atom. The minimum atomic E-state index is -0.271. The van der Waals surface area contributed by atoms with E-state index in [0.29, 0.717) is 19.8 Å². The summed E-state index contributed by atoms with van der Waals surface area (Å²) in [7, 11) is 0. The molecule has 3 heteroatoms. The SMILES string of the molecule is c1ccc(CO[C@H]2CO[C@H](c3ccccc3)OC2)cc1. The molecule has 1 saturated heterocycles. The second kappa shape index (κ2) is 6.66. The van der Waals surface area contributed by atoms with Crippen LogP contribution in [-0.2, 0) is 20.8 Å². The third kappa shape index (κ3) is 3.45. The number of ether oxygens (including phenoxy) is 3. The smallest absolute Gasteiger partial charge is 0.184 e. The molecular weight excluding hydrogens is 252 g/mol. The molecule has 1 aliphatic rings. The van der Waals surface area contributed by atoms with Crippen molar-refractivity contribution in [3.05, 3.63) is 71.8 Å². The van der Waals surface area contributed by atoms with E-state index in [9.17, 15) is 0 Å². The van der Waals surface area contributed by atoms with Crippen LogP contribution < -0.4 is 0 Å². The van der Waals surface area contributed by atoms with E-state index < -0.39 is 0 Å². The standard InChI is InChI=1S/C17H18O3/c1-3-7-14(8-4-1)11-18-16-12-19-17(20-13-16)15-9-5-2-6-10-15/h1-10,16-17H,11-13H2/t16-,17-. The van der Waals surface area contributed by atoms with Crippen molar-refractivity contribution in [3.63, 3.8) is 0 Å².